The van der Waals surface area contributed by atoms with Crippen LogP contribution < -0.4 is 4.74 Å². The van der Waals surface area contributed by atoms with Crippen molar-refractivity contribution in [2.24, 2.45) is 5.92 Å². The average molecular weight is 337 g/mol. The van der Waals surface area contributed by atoms with E-state index in [-0.39, 0.29) is 5.91 Å². The van der Waals surface area contributed by atoms with Crippen molar-refractivity contribution in [1.29, 1.82) is 0 Å². The lowest BCUT2D eigenvalue weighted by Gasteiger charge is -2.33. The number of fused-ring (bicyclic) bond motifs is 1. The Hall–Kier alpha value is -2.43. The zero-order chi connectivity index (χ0) is 17.2. The highest BCUT2D eigenvalue weighted by Crippen LogP contribution is 2.40. The molecule has 0 radical (unpaired) electrons. The molecule has 1 saturated carbocycles. The van der Waals surface area contributed by atoms with E-state index in [0.717, 1.165) is 12.8 Å². The number of hydrogen-bond acceptors (Lipinski definition) is 4. The molecule has 4 rings (SSSR count). The number of hydrogen-bond donors (Lipinski definition) is 0. The van der Waals surface area contributed by atoms with E-state index in [1.807, 2.05) is 18.2 Å². The number of ether oxygens (including phenoxy) is 1. The van der Waals surface area contributed by atoms with Gasteiger partial charge in [-0.15, -0.1) is 0 Å². The molecule has 130 valence electrons. The molecule has 3 atom stereocenters. The molecule has 0 bridgehead atoms. The van der Waals surface area contributed by atoms with Gasteiger partial charge in [0, 0.05) is 30.0 Å². The van der Waals surface area contributed by atoms with E-state index in [1.165, 1.54) is 19.3 Å². The minimum Gasteiger partial charge on any atom is -0.437 e. The Morgan fingerprint density at radius 1 is 1.24 bits per heavy atom. The van der Waals surface area contributed by atoms with E-state index in [1.54, 1.807) is 24.7 Å². The lowest BCUT2D eigenvalue weighted by atomic mass is 9.85. The highest BCUT2D eigenvalue weighted by atomic mass is 16.5. The summed E-state index contributed by atoms with van der Waals surface area (Å²) in [6.45, 7) is 2.18. The number of rotatable bonds is 3. The summed E-state index contributed by atoms with van der Waals surface area (Å²) in [5, 5.41) is 0. The molecule has 0 N–H and O–H groups in total. The van der Waals surface area contributed by atoms with Crippen molar-refractivity contribution >= 4 is 5.91 Å². The zero-order valence-corrected chi connectivity index (χ0v) is 14.5. The van der Waals surface area contributed by atoms with Gasteiger partial charge in [0.1, 0.15) is 5.75 Å². The third-order valence-electron chi connectivity index (χ3n) is 5.42. The largest absolute Gasteiger partial charge is 0.437 e. The predicted molar refractivity (Wildman–Crippen MR) is 94.5 cm³/mol. The van der Waals surface area contributed by atoms with Crippen LogP contribution in [0.25, 0.3) is 0 Å². The van der Waals surface area contributed by atoms with Crippen LogP contribution >= 0.6 is 0 Å². The summed E-state index contributed by atoms with van der Waals surface area (Å²) in [5.41, 5.74) is 0.680. The van der Waals surface area contributed by atoms with Gasteiger partial charge < -0.3 is 9.64 Å². The molecular weight excluding hydrogens is 314 g/mol. The second kappa shape index (κ2) is 6.82. The van der Waals surface area contributed by atoms with E-state index in [9.17, 15) is 4.79 Å². The molecule has 2 aliphatic rings. The van der Waals surface area contributed by atoms with Crippen LogP contribution in [0.1, 0.15) is 49.4 Å². The summed E-state index contributed by atoms with van der Waals surface area (Å²) in [6.07, 6.45) is 10.8. The molecule has 2 fully saturated rings. The fourth-order valence-corrected chi connectivity index (χ4v) is 4.36. The van der Waals surface area contributed by atoms with Gasteiger partial charge in [0.2, 0.25) is 5.88 Å². The van der Waals surface area contributed by atoms with Gasteiger partial charge in [0.15, 0.2) is 0 Å². The van der Waals surface area contributed by atoms with Crippen molar-refractivity contribution in [3.8, 4) is 11.6 Å². The van der Waals surface area contributed by atoms with E-state index >= 15 is 0 Å². The molecule has 1 aromatic heterocycles. The van der Waals surface area contributed by atoms with Gasteiger partial charge in [0.25, 0.3) is 5.91 Å². The summed E-state index contributed by atoms with van der Waals surface area (Å²) >= 11 is 0. The molecule has 1 aliphatic heterocycles. The minimum absolute atomic E-state index is 0.117. The zero-order valence-electron chi connectivity index (χ0n) is 14.5. The van der Waals surface area contributed by atoms with Crippen LogP contribution in [0.5, 0.6) is 11.6 Å². The first kappa shape index (κ1) is 16.1. The highest BCUT2D eigenvalue weighted by molar-refractivity contribution is 5.95. The Balaban J connectivity index is 1.55. The number of likely N-dealkylation sites (tertiary alicyclic amines) is 1. The SMILES string of the molecule is C[C@@H]1C[C@@H]2CCCC[C@H]2N1C(=O)c1cccc(Oc2cnccn2)c1. The van der Waals surface area contributed by atoms with Crippen LogP contribution in [0.3, 0.4) is 0 Å². The molecule has 5 heteroatoms. The Morgan fingerprint density at radius 2 is 2.12 bits per heavy atom. The first-order valence-electron chi connectivity index (χ1n) is 9.09. The molecule has 1 saturated heterocycles. The second-order valence-electron chi connectivity index (χ2n) is 7.08. The lowest BCUT2D eigenvalue weighted by Crippen LogP contribution is -2.42. The Morgan fingerprint density at radius 3 is 2.96 bits per heavy atom. The number of carbonyl (C=O) groups excluding carboxylic acids is 1. The molecule has 2 aromatic rings. The summed E-state index contributed by atoms with van der Waals surface area (Å²) in [5.74, 6) is 1.82. The van der Waals surface area contributed by atoms with E-state index in [4.69, 9.17) is 4.74 Å². The smallest absolute Gasteiger partial charge is 0.254 e. The fourth-order valence-electron chi connectivity index (χ4n) is 4.36. The van der Waals surface area contributed by atoms with Crippen LogP contribution in [-0.4, -0.2) is 32.9 Å². The molecule has 0 spiro atoms. The molecule has 1 aliphatic carbocycles. The van der Waals surface area contributed by atoms with Crippen molar-refractivity contribution in [3.05, 3.63) is 48.4 Å². The third-order valence-corrected chi connectivity index (χ3v) is 5.42. The van der Waals surface area contributed by atoms with E-state index in [2.05, 4.69) is 21.8 Å². The topological polar surface area (TPSA) is 55.3 Å². The molecule has 5 nitrogen and oxygen atoms in total. The average Bonchev–Trinajstić information content (AvgIpc) is 2.98. The van der Waals surface area contributed by atoms with Gasteiger partial charge in [0.05, 0.1) is 6.20 Å². The van der Waals surface area contributed by atoms with Gasteiger partial charge in [-0.2, -0.15) is 0 Å². The molecule has 25 heavy (non-hydrogen) atoms. The van der Waals surface area contributed by atoms with Gasteiger partial charge in [-0.1, -0.05) is 18.9 Å². The second-order valence-corrected chi connectivity index (χ2v) is 7.08. The van der Waals surface area contributed by atoms with Crippen LogP contribution in [-0.2, 0) is 0 Å². The first-order chi connectivity index (χ1) is 12.2. The standard InChI is InChI=1S/C20H23N3O2/c1-14-11-15-5-2-3-8-18(15)23(14)20(24)16-6-4-7-17(12-16)25-19-13-21-9-10-22-19/h4,6-7,9-10,12-15,18H,2-3,5,8,11H2,1H3/t14-,15+,18-/m1/s1. The Kier molecular flexibility index (Phi) is 4.38. The Bertz CT molecular complexity index is 750. The molecule has 1 amide bonds. The van der Waals surface area contributed by atoms with Crippen molar-refractivity contribution in [2.45, 2.75) is 51.1 Å². The van der Waals surface area contributed by atoms with Crippen molar-refractivity contribution in [1.82, 2.24) is 14.9 Å². The van der Waals surface area contributed by atoms with E-state index < -0.39 is 0 Å². The quantitative estimate of drug-likeness (QED) is 0.847. The summed E-state index contributed by atoms with van der Waals surface area (Å²) in [4.78, 5) is 23.4. The van der Waals surface area contributed by atoms with E-state index in [0.29, 0.717) is 35.2 Å². The number of nitrogens with zero attached hydrogens (tertiary/aromatic N) is 3. The van der Waals surface area contributed by atoms with Crippen molar-refractivity contribution < 1.29 is 9.53 Å². The van der Waals surface area contributed by atoms with Crippen molar-refractivity contribution in [3.63, 3.8) is 0 Å². The van der Waals surface area contributed by atoms with Crippen LogP contribution in [0.2, 0.25) is 0 Å². The maximum Gasteiger partial charge on any atom is 0.254 e. The minimum atomic E-state index is 0.117. The molecule has 2 heterocycles. The maximum absolute atomic E-state index is 13.2. The number of amides is 1. The summed E-state index contributed by atoms with van der Waals surface area (Å²) < 4.78 is 5.72. The monoisotopic (exact) mass is 337 g/mol. The highest BCUT2D eigenvalue weighted by Gasteiger charge is 2.42. The van der Waals surface area contributed by atoms with Crippen LogP contribution in [0, 0.1) is 5.92 Å². The van der Waals surface area contributed by atoms with Crippen LogP contribution in [0.15, 0.2) is 42.9 Å². The van der Waals surface area contributed by atoms with Gasteiger partial charge in [-0.05, 0) is 50.3 Å². The van der Waals surface area contributed by atoms with Crippen molar-refractivity contribution in [2.75, 3.05) is 0 Å². The normalized spacial score (nSPS) is 25.5. The number of carbonyl (C=O) groups is 1. The number of benzene rings is 1. The Labute approximate surface area is 148 Å². The molecule has 0 unspecified atom stereocenters. The third kappa shape index (κ3) is 3.23. The van der Waals surface area contributed by atoms with Crippen LogP contribution in [0.4, 0.5) is 0 Å². The maximum atomic E-state index is 13.2. The molecule has 1 aromatic carbocycles. The van der Waals surface area contributed by atoms with Gasteiger partial charge >= 0.3 is 0 Å². The number of aromatic nitrogens is 2. The fraction of sp³-hybridized carbons (Fsp3) is 0.450. The first-order valence-corrected chi connectivity index (χ1v) is 9.09. The summed E-state index contributed by atoms with van der Waals surface area (Å²) in [6, 6.07) is 8.08. The molecular formula is C20H23N3O2. The van der Waals surface area contributed by atoms with Gasteiger partial charge in [-0.25, -0.2) is 4.98 Å². The predicted octanol–water partition coefficient (Wildman–Crippen LogP) is 4.06. The lowest BCUT2D eigenvalue weighted by molar-refractivity contribution is 0.0633. The van der Waals surface area contributed by atoms with Gasteiger partial charge in [-0.3, -0.25) is 9.78 Å². The summed E-state index contributed by atoms with van der Waals surface area (Å²) in [7, 11) is 0.